The fourth-order valence-corrected chi connectivity index (χ4v) is 2.19. The van der Waals surface area contributed by atoms with E-state index in [-0.39, 0.29) is 12.5 Å². The highest BCUT2D eigenvalue weighted by molar-refractivity contribution is 9.10. The molecule has 1 amide bonds. The van der Waals surface area contributed by atoms with Crippen LogP contribution in [0.1, 0.15) is 36.3 Å². The van der Waals surface area contributed by atoms with Crippen LogP contribution in [-0.4, -0.2) is 34.3 Å². The highest BCUT2D eigenvalue weighted by Crippen LogP contribution is 2.37. The lowest BCUT2D eigenvalue weighted by molar-refractivity contribution is 0.0928. The van der Waals surface area contributed by atoms with Gasteiger partial charge in [-0.2, -0.15) is 0 Å². The quantitative estimate of drug-likeness (QED) is 0.759. The Bertz CT molecular complexity index is 441. The molecule has 2 atom stereocenters. The van der Waals surface area contributed by atoms with Crippen LogP contribution in [0.3, 0.4) is 0 Å². The Morgan fingerprint density at radius 2 is 2.39 bits per heavy atom. The van der Waals surface area contributed by atoms with E-state index >= 15 is 0 Å². The standard InChI is InChI=1S/C12H18BrN3O2/c1-7(17)10(14)5-15-12(18)11-4-8(13)6-16(11)9-2-3-9/h4,6-7,9-10,17H,2-3,5,14H2,1H3,(H,15,18). The Kier molecular flexibility index (Phi) is 4.09. The zero-order chi connectivity index (χ0) is 13.3. The van der Waals surface area contributed by atoms with Crippen LogP contribution >= 0.6 is 15.9 Å². The molecule has 4 N–H and O–H groups in total. The van der Waals surface area contributed by atoms with Crippen LogP contribution in [-0.2, 0) is 0 Å². The van der Waals surface area contributed by atoms with E-state index in [9.17, 15) is 9.90 Å². The van der Waals surface area contributed by atoms with Crippen molar-refractivity contribution in [1.82, 2.24) is 9.88 Å². The molecule has 1 aromatic rings. The van der Waals surface area contributed by atoms with Crippen LogP contribution in [0.15, 0.2) is 16.7 Å². The van der Waals surface area contributed by atoms with Crippen molar-refractivity contribution in [2.75, 3.05) is 6.54 Å². The van der Waals surface area contributed by atoms with Crippen LogP contribution in [0.25, 0.3) is 0 Å². The number of rotatable bonds is 5. The third kappa shape index (κ3) is 3.13. The highest BCUT2D eigenvalue weighted by atomic mass is 79.9. The molecule has 0 aromatic carbocycles. The first-order chi connectivity index (χ1) is 8.49. The first kappa shape index (κ1) is 13.6. The maximum absolute atomic E-state index is 12.0. The second-order valence-electron chi connectivity index (χ2n) is 4.80. The van der Waals surface area contributed by atoms with Gasteiger partial charge in [-0.3, -0.25) is 4.79 Å². The number of nitrogens with one attached hydrogen (secondary N) is 1. The van der Waals surface area contributed by atoms with Crippen molar-refractivity contribution in [2.45, 2.75) is 38.0 Å². The molecule has 0 aliphatic heterocycles. The van der Waals surface area contributed by atoms with Crippen molar-refractivity contribution in [3.63, 3.8) is 0 Å². The molecule has 0 saturated heterocycles. The van der Waals surface area contributed by atoms with Gasteiger partial charge in [0.15, 0.2) is 0 Å². The smallest absolute Gasteiger partial charge is 0.268 e. The van der Waals surface area contributed by atoms with Crippen LogP contribution < -0.4 is 11.1 Å². The van der Waals surface area contributed by atoms with Gasteiger partial charge in [0.1, 0.15) is 5.69 Å². The molecule has 6 heteroatoms. The van der Waals surface area contributed by atoms with E-state index in [1.54, 1.807) is 6.92 Å². The number of halogens is 1. The predicted octanol–water partition coefficient (Wildman–Crippen LogP) is 1.02. The summed E-state index contributed by atoms with van der Waals surface area (Å²) in [6.45, 7) is 1.88. The van der Waals surface area contributed by atoms with Crippen molar-refractivity contribution in [3.8, 4) is 0 Å². The molecule has 1 aromatic heterocycles. The molecule has 0 radical (unpaired) electrons. The molecular formula is C12H18BrN3O2. The molecule has 18 heavy (non-hydrogen) atoms. The summed E-state index contributed by atoms with van der Waals surface area (Å²) in [7, 11) is 0. The molecule has 1 aliphatic rings. The van der Waals surface area contributed by atoms with Gasteiger partial charge in [-0.05, 0) is 41.8 Å². The summed E-state index contributed by atoms with van der Waals surface area (Å²) in [6.07, 6.45) is 3.54. The first-order valence-electron chi connectivity index (χ1n) is 6.08. The van der Waals surface area contributed by atoms with Gasteiger partial charge in [0.25, 0.3) is 5.91 Å². The summed E-state index contributed by atoms with van der Waals surface area (Å²) in [5.41, 5.74) is 6.32. The number of carbonyl (C=O) groups excluding carboxylic acids is 1. The molecule has 1 saturated carbocycles. The normalized spacial score (nSPS) is 18.4. The Morgan fingerprint density at radius 1 is 1.72 bits per heavy atom. The van der Waals surface area contributed by atoms with Gasteiger partial charge in [0.05, 0.1) is 6.10 Å². The Balaban J connectivity index is 2.00. The van der Waals surface area contributed by atoms with Crippen molar-refractivity contribution >= 4 is 21.8 Å². The van der Waals surface area contributed by atoms with Crippen molar-refractivity contribution < 1.29 is 9.90 Å². The monoisotopic (exact) mass is 315 g/mol. The van der Waals surface area contributed by atoms with E-state index in [4.69, 9.17) is 5.73 Å². The average molecular weight is 316 g/mol. The second kappa shape index (κ2) is 5.42. The van der Waals surface area contributed by atoms with Crippen LogP contribution in [0.5, 0.6) is 0 Å². The molecule has 2 unspecified atom stereocenters. The summed E-state index contributed by atoms with van der Waals surface area (Å²) < 4.78 is 2.90. The van der Waals surface area contributed by atoms with E-state index in [1.165, 1.54) is 0 Å². The minimum Gasteiger partial charge on any atom is -0.392 e. The Morgan fingerprint density at radius 3 is 2.94 bits per heavy atom. The van der Waals surface area contributed by atoms with Crippen LogP contribution in [0.2, 0.25) is 0 Å². The summed E-state index contributed by atoms with van der Waals surface area (Å²) in [6, 6.07) is 1.81. The first-order valence-corrected chi connectivity index (χ1v) is 6.87. The zero-order valence-corrected chi connectivity index (χ0v) is 11.9. The summed E-state index contributed by atoms with van der Waals surface area (Å²) in [5.74, 6) is -0.149. The largest absolute Gasteiger partial charge is 0.392 e. The lowest BCUT2D eigenvalue weighted by Gasteiger charge is -2.15. The van der Waals surface area contributed by atoms with Gasteiger partial charge in [0.2, 0.25) is 0 Å². The van der Waals surface area contributed by atoms with E-state index in [0.717, 1.165) is 17.3 Å². The molecule has 1 fully saturated rings. The summed E-state index contributed by atoms with van der Waals surface area (Å²) in [4.78, 5) is 12.0. The minimum atomic E-state index is -0.632. The minimum absolute atomic E-state index is 0.149. The van der Waals surface area contributed by atoms with Crippen LogP contribution in [0.4, 0.5) is 0 Å². The molecular weight excluding hydrogens is 298 g/mol. The number of amides is 1. The fourth-order valence-electron chi connectivity index (χ4n) is 1.75. The summed E-state index contributed by atoms with van der Waals surface area (Å²) >= 11 is 3.39. The molecule has 2 rings (SSSR count). The third-order valence-corrected chi connectivity index (χ3v) is 3.54. The van der Waals surface area contributed by atoms with Crippen molar-refractivity contribution in [3.05, 3.63) is 22.4 Å². The Labute approximate surface area is 114 Å². The maximum Gasteiger partial charge on any atom is 0.268 e. The molecule has 1 aliphatic carbocycles. The third-order valence-electron chi connectivity index (χ3n) is 3.11. The van der Waals surface area contributed by atoms with Gasteiger partial charge >= 0.3 is 0 Å². The highest BCUT2D eigenvalue weighted by Gasteiger charge is 2.27. The van der Waals surface area contributed by atoms with Crippen molar-refractivity contribution in [1.29, 1.82) is 0 Å². The SMILES string of the molecule is CC(O)C(N)CNC(=O)c1cc(Br)cn1C1CC1. The lowest BCUT2D eigenvalue weighted by atomic mass is 10.2. The molecule has 0 bridgehead atoms. The van der Waals surface area contributed by atoms with Crippen LogP contribution in [0, 0.1) is 0 Å². The lowest BCUT2D eigenvalue weighted by Crippen LogP contribution is -2.44. The predicted molar refractivity (Wildman–Crippen MR) is 72.4 cm³/mol. The van der Waals surface area contributed by atoms with Gasteiger partial charge < -0.3 is 20.7 Å². The number of nitrogens with zero attached hydrogens (tertiary/aromatic N) is 1. The van der Waals surface area contributed by atoms with E-state index in [0.29, 0.717) is 11.7 Å². The number of aliphatic hydroxyl groups is 1. The number of nitrogens with two attached hydrogens (primary N) is 1. The fraction of sp³-hybridized carbons (Fsp3) is 0.583. The van der Waals surface area contributed by atoms with E-state index in [2.05, 4.69) is 21.2 Å². The topological polar surface area (TPSA) is 80.3 Å². The molecule has 100 valence electrons. The number of aliphatic hydroxyl groups excluding tert-OH is 1. The number of hydrogen-bond donors (Lipinski definition) is 3. The average Bonchev–Trinajstić information content (AvgIpc) is 3.08. The van der Waals surface area contributed by atoms with Gasteiger partial charge in [-0.15, -0.1) is 0 Å². The molecule has 5 nitrogen and oxygen atoms in total. The van der Waals surface area contributed by atoms with E-state index in [1.807, 2.05) is 16.8 Å². The van der Waals surface area contributed by atoms with Gasteiger partial charge in [-0.25, -0.2) is 0 Å². The maximum atomic E-state index is 12.0. The number of hydrogen-bond acceptors (Lipinski definition) is 3. The molecule has 0 spiro atoms. The summed E-state index contributed by atoms with van der Waals surface area (Å²) in [5, 5.41) is 12.0. The number of carbonyl (C=O) groups is 1. The number of aromatic nitrogens is 1. The second-order valence-corrected chi connectivity index (χ2v) is 5.71. The van der Waals surface area contributed by atoms with Gasteiger partial charge in [0, 0.05) is 29.3 Å². The molecule has 1 heterocycles. The zero-order valence-electron chi connectivity index (χ0n) is 10.3. The van der Waals surface area contributed by atoms with E-state index < -0.39 is 12.1 Å². The Hall–Kier alpha value is -0.850. The van der Waals surface area contributed by atoms with Crippen molar-refractivity contribution in [2.24, 2.45) is 5.73 Å². The van der Waals surface area contributed by atoms with Gasteiger partial charge in [-0.1, -0.05) is 0 Å².